The Morgan fingerprint density at radius 1 is 1.36 bits per heavy atom. The van der Waals surface area contributed by atoms with E-state index in [1.807, 2.05) is 6.08 Å². The molecular weight excluding hydrogens is 180 g/mol. The average molecular weight is 190 g/mol. The van der Waals surface area contributed by atoms with E-state index >= 15 is 0 Å². The number of aromatic nitrogens is 2. The van der Waals surface area contributed by atoms with Gasteiger partial charge in [0.25, 0.3) is 0 Å². The molecule has 2 rings (SSSR count). The van der Waals surface area contributed by atoms with E-state index in [0.717, 1.165) is 6.42 Å². The minimum atomic E-state index is 0.115. The van der Waals surface area contributed by atoms with Crippen LogP contribution >= 0.6 is 0 Å². The van der Waals surface area contributed by atoms with Crippen LogP contribution in [0.2, 0.25) is 0 Å². The smallest absolute Gasteiger partial charge is 0.240 e. The number of nitrogens with zero attached hydrogens (tertiary/aromatic N) is 2. The molecule has 4 nitrogen and oxygen atoms in total. The van der Waals surface area contributed by atoms with Crippen molar-refractivity contribution in [2.24, 2.45) is 0 Å². The normalized spacial score (nSPS) is 15.5. The molecule has 72 valence electrons. The van der Waals surface area contributed by atoms with E-state index in [1.54, 1.807) is 12.4 Å². The molecule has 0 aromatic carbocycles. The van der Waals surface area contributed by atoms with Crippen molar-refractivity contribution in [1.82, 2.24) is 9.97 Å². The van der Waals surface area contributed by atoms with Gasteiger partial charge >= 0.3 is 0 Å². The Kier molecular flexibility index (Phi) is 2.26. The van der Waals surface area contributed by atoms with E-state index in [4.69, 9.17) is 4.74 Å². The first kappa shape index (κ1) is 8.87. The number of hydrogen-bond donors (Lipinski definition) is 0. The van der Waals surface area contributed by atoms with Gasteiger partial charge in [0.1, 0.15) is 5.69 Å². The average Bonchev–Trinajstić information content (AvgIpc) is 2.64. The highest BCUT2D eigenvalue weighted by Gasteiger charge is 2.21. The van der Waals surface area contributed by atoms with Gasteiger partial charge in [-0.05, 0) is 6.42 Å². The summed E-state index contributed by atoms with van der Waals surface area (Å²) in [5, 5.41) is 0. The molecule has 0 amide bonds. The number of hydrogen-bond acceptors (Lipinski definition) is 4. The summed E-state index contributed by atoms with van der Waals surface area (Å²) in [6, 6.07) is 0. The van der Waals surface area contributed by atoms with Crippen LogP contribution in [0.1, 0.15) is 18.5 Å². The topological polar surface area (TPSA) is 52.1 Å². The molecule has 1 aliphatic carbocycles. The van der Waals surface area contributed by atoms with Crippen molar-refractivity contribution in [3.05, 3.63) is 24.2 Å². The minimum absolute atomic E-state index is 0.115. The lowest BCUT2D eigenvalue weighted by Crippen LogP contribution is -2.01. The molecule has 0 radical (unpaired) electrons. The van der Waals surface area contributed by atoms with Gasteiger partial charge in [0.15, 0.2) is 5.78 Å². The predicted octanol–water partition coefficient (Wildman–Crippen LogP) is 1.23. The summed E-state index contributed by atoms with van der Waals surface area (Å²) in [7, 11) is 1.52. The monoisotopic (exact) mass is 190 g/mol. The lowest BCUT2D eigenvalue weighted by Gasteiger charge is -2.04. The van der Waals surface area contributed by atoms with Crippen molar-refractivity contribution in [2.75, 3.05) is 7.11 Å². The van der Waals surface area contributed by atoms with Crippen molar-refractivity contribution in [1.29, 1.82) is 0 Å². The standard InChI is InChI=1S/C10H10N2O2/c1-14-10-9(11-5-6-12-10)7-3-2-4-8(7)13/h3,5-6H,2,4H2,1H3. The molecule has 1 aromatic heterocycles. The lowest BCUT2D eigenvalue weighted by atomic mass is 10.1. The Hall–Kier alpha value is -1.71. The van der Waals surface area contributed by atoms with E-state index < -0.39 is 0 Å². The Morgan fingerprint density at radius 3 is 2.79 bits per heavy atom. The van der Waals surface area contributed by atoms with Crippen molar-refractivity contribution < 1.29 is 9.53 Å². The molecule has 1 aromatic rings. The van der Waals surface area contributed by atoms with Crippen molar-refractivity contribution in [3.63, 3.8) is 0 Å². The second kappa shape index (κ2) is 3.57. The summed E-state index contributed by atoms with van der Waals surface area (Å²) >= 11 is 0. The maximum absolute atomic E-state index is 11.5. The highest BCUT2D eigenvalue weighted by Crippen LogP contribution is 2.27. The predicted molar refractivity (Wildman–Crippen MR) is 50.8 cm³/mol. The summed E-state index contributed by atoms with van der Waals surface area (Å²) in [5.74, 6) is 0.526. The SMILES string of the molecule is COc1nccnc1C1=CCCC1=O. The molecule has 4 heteroatoms. The fraction of sp³-hybridized carbons (Fsp3) is 0.300. The Morgan fingerprint density at radius 2 is 2.14 bits per heavy atom. The van der Waals surface area contributed by atoms with Crippen LogP contribution < -0.4 is 4.74 Å². The van der Waals surface area contributed by atoms with Gasteiger partial charge in [-0.3, -0.25) is 4.79 Å². The number of rotatable bonds is 2. The Labute approximate surface area is 81.6 Å². The van der Waals surface area contributed by atoms with Gasteiger partial charge in [-0.25, -0.2) is 9.97 Å². The van der Waals surface area contributed by atoms with Gasteiger partial charge in [0.05, 0.1) is 7.11 Å². The van der Waals surface area contributed by atoms with Gasteiger partial charge in [-0.1, -0.05) is 6.08 Å². The quantitative estimate of drug-likeness (QED) is 0.703. The van der Waals surface area contributed by atoms with Gasteiger partial charge in [0.2, 0.25) is 5.88 Å². The maximum atomic E-state index is 11.5. The largest absolute Gasteiger partial charge is 0.479 e. The molecule has 1 aliphatic rings. The van der Waals surface area contributed by atoms with Crippen LogP contribution in [0.3, 0.4) is 0 Å². The van der Waals surface area contributed by atoms with Gasteiger partial charge in [0, 0.05) is 24.4 Å². The van der Waals surface area contributed by atoms with Gasteiger partial charge in [-0.2, -0.15) is 0 Å². The Bertz CT molecular complexity index is 399. The fourth-order valence-electron chi connectivity index (χ4n) is 1.48. The Balaban J connectivity index is 2.45. The zero-order chi connectivity index (χ0) is 9.97. The van der Waals surface area contributed by atoms with Crippen LogP contribution in [0.4, 0.5) is 0 Å². The zero-order valence-electron chi connectivity index (χ0n) is 7.86. The van der Waals surface area contributed by atoms with Crippen molar-refractivity contribution in [2.45, 2.75) is 12.8 Å². The van der Waals surface area contributed by atoms with E-state index in [-0.39, 0.29) is 5.78 Å². The number of allylic oxidation sites excluding steroid dienone is 2. The highest BCUT2D eigenvalue weighted by molar-refractivity contribution is 6.22. The first-order valence-corrected chi connectivity index (χ1v) is 4.41. The molecule has 14 heavy (non-hydrogen) atoms. The minimum Gasteiger partial charge on any atom is -0.479 e. The summed E-state index contributed by atoms with van der Waals surface area (Å²) in [6.45, 7) is 0. The molecule has 0 unspecified atom stereocenters. The molecule has 0 N–H and O–H groups in total. The third kappa shape index (κ3) is 1.39. The zero-order valence-corrected chi connectivity index (χ0v) is 7.86. The second-order valence-electron chi connectivity index (χ2n) is 2.99. The fourth-order valence-corrected chi connectivity index (χ4v) is 1.48. The molecule has 0 bridgehead atoms. The third-order valence-electron chi connectivity index (χ3n) is 2.13. The molecule has 0 atom stereocenters. The van der Waals surface area contributed by atoms with E-state index in [1.165, 1.54) is 7.11 Å². The van der Waals surface area contributed by atoms with Crippen LogP contribution in [0.25, 0.3) is 5.57 Å². The number of carbonyl (C=O) groups is 1. The highest BCUT2D eigenvalue weighted by atomic mass is 16.5. The molecule has 0 fully saturated rings. The number of ether oxygens (including phenoxy) is 1. The first-order valence-electron chi connectivity index (χ1n) is 4.41. The van der Waals surface area contributed by atoms with Gasteiger partial charge < -0.3 is 4.74 Å². The molecule has 0 aliphatic heterocycles. The number of Topliss-reactive ketones (excluding diaryl/α,β-unsaturated/α-hetero) is 1. The molecule has 0 saturated heterocycles. The van der Waals surface area contributed by atoms with Crippen LogP contribution in [-0.4, -0.2) is 22.9 Å². The van der Waals surface area contributed by atoms with Gasteiger partial charge in [-0.15, -0.1) is 0 Å². The summed E-state index contributed by atoms with van der Waals surface area (Å²) in [4.78, 5) is 19.6. The molecule has 0 spiro atoms. The number of methoxy groups -OCH3 is 1. The summed E-state index contributed by atoms with van der Waals surface area (Å²) in [5.41, 5.74) is 1.19. The van der Waals surface area contributed by atoms with Crippen LogP contribution in [-0.2, 0) is 4.79 Å². The second-order valence-corrected chi connectivity index (χ2v) is 2.99. The number of carbonyl (C=O) groups excluding carboxylic acids is 1. The summed E-state index contributed by atoms with van der Waals surface area (Å²) < 4.78 is 5.04. The van der Waals surface area contributed by atoms with Crippen molar-refractivity contribution in [3.8, 4) is 5.88 Å². The maximum Gasteiger partial charge on any atom is 0.240 e. The third-order valence-corrected chi connectivity index (χ3v) is 2.13. The van der Waals surface area contributed by atoms with Crippen LogP contribution in [0.5, 0.6) is 5.88 Å². The molecule has 1 heterocycles. The van der Waals surface area contributed by atoms with E-state index in [2.05, 4.69) is 9.97 Å². The van der Waals surface area contributed by atoms with Crippen molar-refractivity contribution >= 4 is 11.4 Å². The van der Waals surface area contributed by atoms with E-state index in [0.29, 0.717) is 23.6 Å². The number of ketones is 1. The summed E-state index contributed by atoms with van der Waals surface area (Å²) in [6.07, 6.45) is 6.34. The molecule has 0 saturated carbocycles. The first-order chi connectivity index (χ1) is 6.83. The molecular formula is C10H10N2O2. The van der Waals surface area contributed by atoms with E-state index in [9.17, 15) is 4.79 Å². The lowest BCUT2D eigenvalue weighted by molar-refractivity contribution is -0.113. The van der Waals surface area contributed by atoms with Crippen LogP contribution in [0, 0.1) is 0 Å². The van der Waals surface area contributed by atoms with Crippen LogP contribution in [0.15, 0.2) is 18.5 Å².